The van der Waals surface area contributed by atoms with Gasteiger partial charge >= 0.3 is 17.8 Å². The number of hydrogen-bond acceptors (Lipinski definition) is 6. The molecule has 42 heavy (non-hydrogen) atoms. The van der Waals surface area contributed by atoms with E-state index in [2.05, 4.69) is 15.2 Å². The van der Waals surface area contributed by atoms with Crippen LogP contribution in [-0.4, -0.2) is 57.2 Å². The van der Waals surface area contributed by atoms with E-state index >= 15 is 8.78 Å². The van der Waals surface area contributed by atoms with Crippen LogP contribution < -0.4 is 5.69 Å². The zero-order chi connectivity index (χ0) is 30.4. The molecule has 0 bridgehead atoms. The van der Waals surface area contributed by atoms with Crippen molar-refractivity contribution in [3.63, 3.8) is 0 Å². The summed E-state index contributed by atoms with van der Waals surface area (Å²) in [5.74, 6) is -5.40. The molecule has 0 amide bonds. The van der Waals surface area contributed by atoms with Crippen molar-refractivity contribution in [3.8, 4) is 17.1 Å². The molecule has 0 aliphatic heterocycles. The second-order valence-corrected chi connectivity index (χ2v) is 10.8. The highest BCUT2D eigenvalue weighted by molar-refractivity contribution is 6.32. The molecule has 2 aromatic carbocycles. The average Bonchev–Trinajstić information content (AvgIpc) is 3.64. The van der Waals surface area contributed by atoms with Crippen LogP contribution in [0.3, 0.4) is 0 Å². The molecule has 4 aromatic rings. The Bertz CT molecular complexity index is 1650. The summed E-state index contributed by atoms with van der Waals surface area (Å²) in [6, 6.07) is 11.7. The molecule has 2 aromatic heterocycles. The first-order chi connectivity index (χ1) is 19.7. The maximum absolute atomic E-state index is 15.9. The number of hydrogen-bond donors (Lipinski definition) is 2. The Hall–Kier alpha value is -3.33. The molecule has 2 heterocycles. The Morgan fingerprint density at radius 2 is 1.62 bits per heavy atom. The SMILES string of the molecule is O=c1n(Cc2nc(C(F)(F)C3(O)CCCC3)n(-c3ccccc3Cl)n2)nc(-c2ccc(Cl)cc2)n1CC(O)C(F)(F)F. The van der Waals surface area contributed by atoms with Gasteiger partial charge < -0.3 is 10.2 Å². The van der Waals surface area contributed by atoms with E-state index in [-0.39, 0.29) is 40.8 Å². The van der Waals surface area contributed by atoms with Gasteiger partial charge in [0.05, 0.1) is 17.3 Å². The van der Waals surface area contributed by atoms with Crippen LogP contribution in [0.15, 0.2) is 53.3 Å². The maximum atomic E-state index is 15.9. The van der Waals surface area contributed by atoms with E-state index in [1.807, 2.05) is 0 Å². The van der Waals surface area contributed by atoms with Gasteiger partial charge in [0.15, 0.2) is 17.8 Å². The van der Waals surface area contributed by atoms with E-state index in [9.17, 15) is 28.2 Å². The number of nitrogens with zero attached hydrogens (tertiary/aromatic N) is 6. The van der Waals surface area contributed by atoms with Crippen molar-refractivity contribution in [2.45, 2.75) is 62.6 Å². The van der Waals surface area contributed by atoms with Crippen LogP contribution in [0.1, 0.15) is 37.3 Å². The fraction of sp³-hybridized carbons (Fsp3) is 0.385. The summed E-state index contributed by atoms with van der Waals surface area (Å²) >= 11 is 12.2. The monoisotopic (exact) mass is 632 g/mol. The minimum Gasteiger partial charge on any atom is -0.383 e. The number of aromatic nitrogens is 6. The molecule has 1 unspecified atom stereocenters. The van der Waals surface area contributed by atoms with E-state index < -0.39 is 48.4 Å². The van der Waals surface area contributed by atoms with Gasteiger partial charge in [-0.15, -0.1) is 10.2 Å². The van der Waals surface area contributed by atoms with E-state index in [0.717, 1.165) is 4.68 Å². The molecule has 1 fully saturated rings. The predicted molar refractivity (Wildman–Crippen MR) is 142 cm³/mol. The van der Waals surface area contributed by atoms with Gasteiger partial charge in [0.25, 0.3) is 0 Å². The molecule has 1 atom stereocenters. The molecular weight excluding hydrogens is 610 g/mol. The van der Waals surface area contributed by atoms with Crippen LogP contribution in [0.2, 0.25) is 10.0 Å². The average molecular weight is 633 g/mol. The second-order valence-electron chi connectivity index (χ2n) is 9.97. The summed E-state index contributed by atoms with van der Waals surface area (Å²) in [7, 11) is 0. The third-order valence-corrected chi connectivity index (χ3v) is 7.65. The van der Waals surface area contributed by atoms with Crippen molar-refractivity contribution in [2.24, 2.45) is 0 Å². The number of rotatable bonds is 8. The van der Waals surface area contributed by atoms with Crippen molar-refractivity contribution >= 4 is 23.2 Å². The molecule has 1 aliphatic carbocycles. The third-order valence-electron chi connectivity index (χ3n) is 7.08. The molecule has 9 nitrogen and oxygen atoms in total. The lowest BCUT2D eigenvalue weighted by Gasteiger charge is -2.31. The molecule has 0 radical (unpaired) electrons. The van der Waals surface area contributed by atoms with Crippen LogP contribution in [0.5, 0.6) is 0 Å². The fourth-order valence-corrected chi connectivity index (χ4v) is 5.17. The van der Waals surface area contributed by atoms with Crippen LogP contribution in [-0.2, 0) is 19.0 Å². The van der Waals surface area contributed by atoms with Crippen molar-refractivity contribution in [1.29, 1.82) is 0 Å². The van der Waals surface area contributed by atoms with Crippen LogP contribution in [0.4, 0.5) is 22.0 Å². The minimum absolute atomic E-state index is 0.0298. The Kier molecular flexibility index (Phi) is 7.94. The molecule has 16 heteroatoms. The summed E-state index contributed by atoms with van der Waals surface area (Å²) in [6.45, 7) is -1.81. The number of halogens is 7. The predicted octanol–water partition coefficient (Wildman–Crippen LogP) is 4.97. The van der Waals surface area contributed by atoms with Crippen molar-refractivity contribution in [2.75, 3.05) is 0 Å². The molecule has 224 valence electrons. The van der Waals surface area contributed by atoms with Gasteiger partial charge in [-0.25, -0.2) is 19.1 Å². The van der Waals surface area contributed by atoms with Gasteiger partial charge in [-0.2, -0.15) is 22.0 Å². The molecular formula is C26H23Cl2F5N6O3. The summed E-state index contributed by atoms with van der Waals surface area (Å²) < 4.78 is 73.4. The van der Waals surface area contributed by atoms with Crippen molar-refractivity contribution in [1.82, 2.24) is 29.1 Å². The Labute approximate surface area is 244 Å². The normalized spacial score (nSPS) is 16.2. The quantitative estimate of drug-likeness (QED) is 0.266. The highest BCUT2D eigenvalue weighted by Gasteiger charge is 2.58. The molecule has 1 aliphatic rings. The minimum atomic E-state index is -5.03. The summed E-state index contributed by atoms with van der Waals surface area (Å²) in [6.07, 6.45) is -7.53. The summed E-state index contributed by atoms with van der Waals surface area (Å²) in [4.78, 5) is 17.2. The first-order valence-electron chi connectivity index (χ1n) is 12.7. The van der Waals surface area contributed by atoms with Gasteiger partial charge in [0.2, 0.25) is 5.82 Å². The Balaban J connectivity index is 1.61. The molecule has 1 saturated carbocycles. The second kappa shape index (κ2) is 11.1. The number of aliphatic hydroxyl groups excluding tert-OH is 1. The number of alkyl halides is 5. The van der Waals surface area contributed by atoms with Crippen LogP contribution in [0.25, 0.3) is 17.1 Å². The first kappa shape index (κ1) is 30.1. The zero-order valence-electron chi connectivity index (χ0n) is 21.6. The number of aliphatic hydroxyl groups is 2. The lowest BCUT2D eigenvalue weighted by Crippen LogP contribution is -2.45. The standard InChI is InChI=1S/C26H23Cl2F5N6O3/c27-16-9-7-15(8-10-16)21-36-38(23(41)37(21)13-19(40)26(31,32)33)14-20-34-22(25(29,30)24(42)11-3-4-12-24)39(35-20)18-6-2-1-5-17(18)28/h1-2,5-10,19,40,42H,3-4,11-14H2. The topological polar surface area (TPSA) is 111 Å². The fourth-order valence-electron chi connectivity index (χ4n) is 4.83. The van der Waals surface area contributed by atoms with Crippen LogP contribution in [0, 0.1) is 0 Å². The number of para-hydroxylation sites is 1. The molecule has 2 N–H and O–H groups in total. The van der Waals surface area contributed by atoms with Gasteiger partial charge in [-0.05, 0) is 49.2 Å². The Morgan fingerprint density at radius 1 is 0.976 bits per heavy atom. The Morgan fingerprint density at radius 3 is 2.24 bits per heavy atom. The highest BCUT2D eigenvalue weighted by atomic mass is 35.5. The van der Waals surface area contributed by atoms with Crippen LogP contribution >= 0.6 is 23.2 Å². The lowest BCUT2D eigenvalue weighted by atomic mass is 9.93. The lowest BCUT2D eigenvalue weighted by molar-refractivity contribution is -0.207. The summed E-state index contributed by atoms with van der Waals surface area (Å²) in [5.41, 5.74) is -3.25. The third kappa shape index (κ3) is 5.55. The molecule has 5 rings (SSSR count). The highest BCUT2D eigenvalue weighted by Crippen LogP contribution is 2.48. The first-order valence-corrected chi connectivity index (χ1v) is 13.5. The zero-order valence-corrected chi connectivity index (χ0v) is 23.1. The van der Waals surface area contributed by atoms with E-state index in [4.69, 9.17) is 23.2 Å². The van der Waals surface area contributed by atoms with Crippen molar-refractivity contribution in [3.05, 3.63) is 80.7 Å². The van der Waals surface area contributed by atoms with Gasteiger partial charge in [0.1, 0.15) is 12.1 Å². The van der Waals surface area contributed by atoms with E-state index in [1.54, 1.807) is 6.07 Å². The van der Waals surface area contributed by atoms with Gasteiger partial charge in [-0.3, -0.25) is 4.57 Å². The summed E-state index contributed by atoms with van der Waals surface area (Å²) in [5, 5.41) is 29.2. The van der Waals surface area contributed by atoms with E-state index in [0.29, 0.717) is 27.1 Å². The van der Waals surface area contributed by atoms with E-state index in [1.165, 1.54) is 42.5 Å². The maximum Gasteiger partial charge on any atom is 0.416 e. The number of benzene rings is 2. The largest absolute Gasteiger partial charge is 0.416 e. The molecule has 0 spiro atoms. The van der Waals surface area contributed by atoms with Crippen molar-refractivity contribution < 1.29 is 32.2 Å². The molecule has 0 saturated heterocycles. The van der Waals surface area contributed by atoms with Gasteiger partial charge in [-0.1, -0.05) is 48.2 Å². The van der Waals surface area contributed by atoms with Gasteiger partial charge in [0, 0.05) is 10.6 Å². The smallest absolute Gasteiger partial charge is 0.383 e.